The van der Waals surface area contributed by atoms with E-state index in [1.54, 1.807) is 0 Å². The molecule has 0 aromatic rings. The Morgan fingerprint density at radius 1 is 0.943 bits per heavy atom. The molecule has 0 spiro atoms. The number of hydrogen-bond donors (Lipinski definition) is 1. The molecule has 0 heterocycles. The third kappa shape index (κ3) is 4.35. The summed E-state index contributed by atoms with van der Waals surface area (Å²) in [6.45, 7) is 6.55. The molecule has 0 amide bonds. The Morgan fingerprint density at radius 3 is 2.23 bits per heavy atom. The minimum Gasteiger partial charge on any atom is -0.393 e. The Kier molecular flexibility index (Phi) is 6.93. The van der Waals surface area contributed by atoms with Crippen LogP contribution in [0.25, 0.3) is 0 Å². The van der Waals surface area contributed by atoms with Gasteiger partial charge in [-0.05, 0) is 105 Å². The van der Waals surface area contributed by atoms with Gasteiger partial charge in [-0.3, -0.25) is 0 Å². The molecule has 35 heavy (non-hydrogen) atoms. The molecule has 3 fully saturated rings. The van der Waals surface area contributed by atoms with Gasteiger partial charge in [-0.25, -0.2) is 4.39 Å². The largest absolute Gasteiger partial charge is 0.431 e. The quantitative estimate of drug-likeness (QED) is 0.289. The van der Waals surface area contributed by atoms with E-state index in [0.29, 0.717) is 17.8 Å². The summed E-state index contributed by atoms with van der Waals surface area (Å²) >= 11 is 0. The van der Waals surface area contributed by atoms with Crippen LogP contribution in [-0.2, 0) is 0 Å². The number of alkyl halides is 7. The van der Waals surface area contributed by atoms with Gasteiger partial charge in [0, 0.05) is 0 Å². The van der Waals surface area contributed by atoms with Crippen LogP contribution in [0.15, 0.2) is 11.6 Å². The fraction of sp³-hybridized carbons (Fsp3) is 0.926. The first-order chi connectivity index (χ1) is 16.0. The number of allylic oxidation sites excluding steroid dienone is 1. The van der Waals surface area contributed by atoms with E-state index in [2.05, 4.69) is 19.9 Å². The van der Waals surface area contributed by atoms with Gasteiger partial charge in [0.25, 0.3) is 5.67 Å². The summed E-state index contributed by atoms with van der Waals surface area (Å²) in [5.41, 5.74) is -3.62. The molecule has 0 bridgehead atoms. The van der Waals surface area contributed by atoms with Crippen LogP contribution in [0.5, 0.6) is 0 Å². The topological polar surface area (TPSA) is 20.2 Å². The van der Waals surface area contributed by atoms with E-state index >= 15 is 0 Å². The average Bonchev–Trinajstić information content (AvgIpc) is 3.09. The Morgan fingerprint density at radius 2 is 1.60 bits per heavy atom. The molecular weight excluding hydrogens is 473 g/mol. The van der Waals surface area contributed by atoms with Crippen molar-refractivity contribution in [3.63, 3.8) is 0 Å². The zero-order chi connectivity index (χ0) is 26.0. The number of hydrogen-bond acceptors (Lipinski definition) is 1. The van der Waals surface area contributed by atoms with E-state index in [4.69, 9.17) is 0 Å². The molecule has 1 unspecified atom stereocenters. The molecule has 4 rings (SSSR count). The van der Waals surface area contributed by atoms with Crippen LogP contribution in [0.4, 0.5) is 30.7 Å². The highest BCUT2D eigenvalue weighted by atomic mass is 19.4. The number of aliphatic hydroxyl groups is 1. The predicted molar refractivity (Wildman–Crippen MR) is 120 cm³/mol. The van der Waals surface area contributed by atoms with Crippen LogP contribution >= 0.6 is 0 Å². The third-order valence-electron chi connectivity index (χ3n) is 10.9. The lowest BCUT2D eigenvalue weighted by Gasteiger charge is -2.58. The summed E-state index contributed by atoms with van der Waals surface area (Å²) in [5, 5.41) is 10.2. The van der Waals surface area contributed by atoms with E-state index in [-0.39, 0.29) is 35.2 Å². The highest BCUT2D eigenvalue weighted by molar-refractivity contribution is 5.25. The van der Waals surface area contributed by atoms with Crippen molar-refractivity contribution in [2.24, 2.45) is 40.4 Å². The molecule has 3 saturated carbocycles. The highest BCUT2D eigenvalue weighted by Gasteiger charge is 2.71. The third-order valence-corrected chi connectivity index (χ3v) is 10.9. The van der Waals surface area contributed by atoms with Crippen molar-refractivity contribution in [2.75, 3.05) is 0 Å². The zero-order valence-electron chi connectivity index (χ0n) is 20.9. The SMILES string of the molecule is C[C@H](CCCC(F)(C(F)(F)F)C(F)(F)F)[C@H]1CC[C@H]2[C@@H]3CC=C4CC(O)CC[C@]4(C)[C@@H]3CC[C@]12C. The molecule has 1 nitrogen and oxygen atoms in total. The molecule has 8 heteroatoms. The van der Waals surface area contributed by atoms with E-state index in [1.165, 1.54) is 5.57 Å². The first-order valence-electron chi connectivity index (χ1n) is 13.2. The second kappa shape index (κ2) is 8.90. The van der Waals surface area contributed by atoms with Crippen molar-refractivity contribution >= 4 is 0 Å². The summed E-state index contributed by atoms with van der Waals surface area (Å²) in [6, 6.07) is 0. The van der Waals surface area contributed by atoms with Crippen molar-refractivity contribution in [3.05, 3.63) is 11.6 Å². The van der Waals surface area contributed by atoms with E-state index in [1.807, 2.05) is 6.92 Å². The van der Waals surface area contributed by atoms with Gasteiger partial charge >= 0.3 is 12.4 Å². The van der Waals surface area contributed by atoms with Crippen molar-refractivity contribution in [1.29, 1.82) is 0 Å². The van der Waals surface area contributed by atoms with Gasteiger partial charge in [-0.15, -0.1) is 0 Å². The maximum absolute atomic E-state index is 14.1. The lowest BCUT2D eigenvalue weighted by molar-refractivity contribution is -0.343. The highest BCUT2D eigenvalue weighted by Crippen LogP contribution is 2.67. The van der Waals surface area contributed by atoms with Crippen molar-refractivity contribution in [3.8, 4) is 0 Å². The smallest absolute Gasteiger partial charge is 0.393 e. The van der Waals surface area contributed by atoms with Gasteiger partial charge in [0.2, 0.25) is 0 Å². The number of rotatable bonds is 5. The summed E-state index contributed by atoms with van der Waals surface area (Å²) < 4.78 is 91.6. The Bertz CT molecular complexity index is 803. The number of fused-ring (bicyclic) bond motifs is 5. The van der Waals surface area contributed by atoms with E-state index in [0.717, 1.165) is 51.4 Å². The van der Waals surface area contributed by atoms with Crippen LogP contribution in [0.1, 0.15) is 91.4 Å². The molecule has 0 aromatic heterocycles. The minimum absolute atomic E-state index is 0.0112. The average molecular weight is 513 g/mol. The van der Waals surface area contributed by atoms with Gasteiger partial charge in [-0.1, -0.05) is 38.8 Å². The lowest BCUT2D eigenvalue weighted by Crippen LogP contribution is -2.53. The predicted octanol–water partition coefficient (Wildman–Crippen LogP) is 8.57. The maximum atomic E-state index is 14.1. The van der Waals surface area contributed by atoms with Crippen molar-refractivity contribution in [1.82, 2.24) is 0 Å². The van der Waals surface area contributed by atoms with E-state index < -0.39 is 30.9 Å². The standard InChI is InChI=1S/C27H39F7O/c1-16(5-4-12-25(28,26(29,30)31)27(32,33)34)20-8-9-21-19-7-6-17-15-18(35)10-13-23(17,2)22(19)11-14-24(20,21)3/h6,16,18-22,35H,4-5,7-15H2,1-3H3/t16-,18?,19+,20-,21+,22-,23+,24-/m1/s1. The van der Waals surface area contributed by atoms with Crippen LogP contribution in [0.3, 0.4) is 0 Å². The normalized spacial score (nSPS) is 41.0. The van der Waals surface area contributed by atoms with Gasteiger partial charge < -0.3 is 5.11 Å². The summed E-state index contributed by atoms with van der Waals surface area (Å²) in [7, 11) is 0. The summed E-state index contributed by atoms with van der Waals surface area (Å²) in [4.78, 5) is 0. The molecule has 0 saturated heterocycles. The zero-order valence-corrected chi connectivity index (χ0v) is 20.9. The fourth-order valence-electron chi connectivity index (χ4n) is 8.93. The summed E-state index contributed by atoms with van der Waals surface area (Å²) in [6.07, 6.45) is -4.06. The molecule has 8 atom stereocenters. The second-order valence-corrected chi connectivity index (χ2v) is 12.6. The van der Waals surface area contributed by atoms with Crippen LogP contribution in [-0.4, -0.2) is 29.2 Å². The fourth-order valence-corrected chi connectivity index (χ4v) is 8.93. The lowest BCUT2D eigenvalue weighted by atomic mass is 9.47. The van der Waals surface area contributed by atoms with Gasteiger partial charge in [0.15, 0.2) is 0 Å². The first-order valence-corrected chi connectivity index (χ1v) is 13.2. The van der Waals surface area contributed by atoms with Gasteiger partial charge in [0.1, 0.15) is 0 Å². The molecule has 4 aliphatic rings. The second-order valence-electron chi connectivity index (χ2n) is 12.6. The van der Waals surface area contributed by atoms with Crippen molar-refractivity contribution in [2.45, 2.75) is 116 Å². The van der Waals surface area contributed by atoms with Crippen LogP contribution in [0.2, 0.25) is 0 Å². The van der Waals surface area contributed by atoms with Gasteiger partial charge in [0.05, 0.1) is 6.10 Å². The Hall–Kier alpha value is -0.790. The monoisotopic (exact) mass is 512 g/mol. The van der Waals surface area contributed by atoms with E-state index in [9.17, 15) is 35.8 Å². The Balaban J connectivity index is 1.43. The van der Waals surface area contributed by atoms with Crippen LogP contribution < -0.4 is 0 Å². The molecule has 0 aromatic carbocycles. The first kappa shape index (κ1) is 27.3. The summed E-state index contributed by atoms with van der Waals surface area (Å²) in [5.74, 6) is 1.76. The number of aliphatic hydroxyl groups excluding tert-OH is 1. The van der Waals surface area contributed by atoms with Crippen LogP contribution in [0, 0.1) is 40.4 Å². The molecular formula is C27H39F7O. The molecule has 0 radical (unpaired) electrons. The molecule has 1 N–H and O–H groups in total. The number of halogens is 7. The Labute approximate surface area is 203 Å². The molecule has 202 valence electrons. The molecule has 0 aliphatic heterocycles. The van der Waals surface area contributed by atoms with Crippen molar-refractivity contribution < 1.29 is 35.8 Å². The maximum Gasteiger partial charge on any atom is 0.431 e. The minimum atomic E-state index is -5.96. The molecule has 4 aliphatic carbocycles. The van der Waals surface area contributed by atoms with Gasteiger partial charge in [-0.2, -0.15) is 26.3 Å².